The lowest BCUT2D eigenvalue weighted by Crippen LogP contribution is -2.35. The molecule has 0 aromatic carbocycles. The standard InChI is InChI=1S/C18H21N3O2/c1-6-10-13-16(12-8-3)20-21-17(14(5)22)18(23)19-15(9-4)11-7-2/h6-13,20H,1-4H2,5H3,(H,19,23)/b13-10-,15-11+,16-12+,21-17-. The Morgan fingerprint density at radius 3 is 2.04 bits per heavy atom. The molecule has 0 fully saturated rings. The summed E-state index contributed by atoms with van der Waals surface area (Å²) in [4.78, 5) is 23.7. The Kier molecular flexibility index (Phi) is 9.85. The molecule has 0 spiro atoms. The predicted molar refractivity (Wildman–Crippen MR) is 95.5 cm³/mol. The van der Waals surface area contributed by atoms with Gasteiger partial charge in [0.05, 0.1) is 5.70 Å². The Balaban J connectivity index is 5.34. The van der Waals surface area contributed by atoms with Gasteiger partial charge in [-0.25, -0.2) is 0 Å². The van der Waals surface area contributed by atoms with Crippen molar-refractivity contribution in [2.24, 2.45) is 5.10 Å². The highest BCUT2D eigenvalue weighted by Crippen LogP contribution is 1.96. The van der Waals surface area contributed by atoms with Crippen LogP contribution in [0.3, 0.4) is 0 Å². The summed E-state index contributed by atoms with van der Waals surface area (Å²) in [6, 6.07) is 0. The number of ketones is 1. The van der Waals surface area contributed by atoms with Crippen LogP contribution in [0.4, 0.5) is 0 Å². The maximum atomic E-state index is 12.1. The molecule has 1 amide bonds. The number of nitrogens with zero attached hydrogens (tertiary/aromatic N) is 1. The van der Waals surface area contributed by atoms with Crippen LogP contribution in [0.15, 0.2) is 91.4 Å². The fraction of sp³-hybridized carbons (Fsp3) is 0.0556. The third kappa shape index (κ3) is 7.96. The highest BCUT2D eigenvalue weighted by atomic mass is 16.2. The number of hydrazone groups is 1. The van der Waals surface area contributed by atoms with Gasteiger partial charge in [-0.2, -0.15) is 5.10 Å². The zero-order valence-corrected chi connectivity index (χ0v) is 13.2. The maximum absolute atomic E-state index is 12.1. The van der Waals surface area contributed by atoms with Crippen molar-refractivity contribution in [3.63, 3.8) is 0 Å². The number of Topliss-reactive ketones (excluding diaryl/α,β-unsaturated/α-hetero) is 1. The molecule has 5 heteroatoms. The molecule has 0 bridgehead atoms. The average molecular weight is 311 g/mol. The Labute approximate surface area is 136 Å². The van der Waals surface area contributed by atoms with Crippen molar-refractivity contribution in [3.05, 3.63) is 86.3 Å². The van der Waals surface area contributed by atoms with E-state index in [4.69, 9.17) is 0 Å². The predicted octanol–water partition coefficient (Wildman–Crippen LogP) is 2.71. The summed E-state index contributed by atoms with van der Waals surface area (Å²) in [6.45, 7) is 15.5. The summed E-state index contributed by atoms with van der Waals surface area (Å²) < 4.78 is 0. The van der Waals surface area contributed by atoms with Gasteiger partial charge in [0, 0.05) is 12.6 Å². The third-order valence-electron chi connectivity index (χ3n) is 2.33. The second-order valence-corrected chi connectivity index (χ2v) is 4.10. The second kappa shape index (κ2) is 11.4. The number of carbonyl (C=O) groups excluding carboxylic acids is 2. The van der Waals surface area contributed by atoms with E-state index in [1.165, 1.54) is 19.1 Å². The molecular weight excluding hydrogens is 290 g/mol. The van der Waals surface area contributed by atoms with E-state index >= 15 is 0 Å². The van der Waals surface area contributed by atoms with Gasteiger partial charge in [0.25, 0.3) is 5.91 Å². The Bertz CT molecular complexity index is 620. The van der Waals surface area contributed by atoms with Crippen LogP contribution in [-0.2, 0) is 9.59 Å². The summed E-state index contributed by atoms with van der Waals surface area (Å²) in [5, 5.41) is 6.37. The number of rotatable bonds is 10. The van der Waals surface area contributed by atoms with E-state index in [0.29, 0.717) is 11.4 Å². The van der Waals surface area contributed by atoms with Gasteiger partial charge < -0.3 is 5.32 Å². The molecule has 0 unspecified atom stereocenters. The molecule has 120 valence electrons. The number of hydrogen-bond donors (Lipinski definition) is 2. The molecule has 0 aromatic heterocycles. The van der Waals surface area contributed by atoms with Crippen LogP contribution < -0.4 is 10.7 Å². The van der Waals surface area contributed by atoms with Gasteiger partial charge in [0.2, 0.25) is 0 Å². The minimum absolute atomic E-state index is 0.274. The van der Waals surface area contributed by atoms with E-state index in [9.17, 15) is 9.59 Å². The SMILES string of the molecule is C=C/C=C\C(=C/C=C)N/N=C(/C(C)=O)C(=O)N/C(C=C)=C/C=C. The van der Waals surface area contributed by atoms with Crippen molar-refractivity contribution in [2.45, 2.75) is 6.92 Å². The fourth-order valence-electron chi connectivity index (χ4n) is 1.32. The van der Waals surface area contributed by atoms with Crippen LogP contribution in [-0.4, -0.2) is 17.4 Å². The van der Waals surface area contributed by atoms with Gasteiger partial charge in [-0.3, -0.25) is 15.0 Å². The number of nitrogens with one attached hydrogen (secondary N) is 2. The lowest BCUT2D eigenvalue weighted by Gasteiger charge is -2.07. The van der Waals surface area contributed by atoms with E-state index in [-0.39, 0.29) is 5.71 Å². The Hall–Kier alpha value is -3.21. The number of allylic oxidation sites excluding steroid dienone is 8. The molecule has 23 heavy (non-hydrogen) atoms. The first-order valence-corrected chi connectivity index (χ1v) is 6.73. The van der Waals surface area contributed by atoms with E-state index in [1.807, 2.05) is 0 Å². The van der Waals surface area contributed by atoms with Crippen LogP contribution >= 0.6 is 0 Å². The van der Waals surface area contributed by atoms with E-state index < -0.39 is 11.7 Å². The molecule has 0 rings (SSSR count). The van der Waals surface area contributed by atoms with Crippen LogP contribution in [0.25, 0.3) is 0 Å². The highest BCUT2D eigenvalue weighted by molar-refractivity contribution is 6.65. The van der Waals surface area contributed by atoms with Crippen LogP contribution in [0.1, 0.15) is 6.92 Å². The van der Waals surface area contributed by atoms with E-state index in [0.717, 1.165) is 0 Å². The summed E-state index contributed by atoms with van der Waals surface area (Å²) in [5.74, 6) is -1.13. The first-order valence-electron chi connectivity index (χ1n) is 6.73. The molecule has 0 saturated carbocycles. The van der Waals surface area contributed by atoms with Crippen molar-refractivity contribution in [2.75, 3.05) is 0 Å². The lowest BCUT2D eigenvalue weighted by molar-refractivity contribution is -0.116. The molecule has 0 heterocycles. The molecule has 0 saturated heterocycles. The summed E-state index contributed by atoms with van der Waals surface area (Å²) in [6.07, 6.45) is 12.6. The average Bonchev–Trinajstić information content (AvgIpc) is 2.51. The third-order valence-corrected chi connectivity index (χ3v) is 2.33. The minimum atomic E-state index is -0.649. The minimum Gasteiger partial charge on any atom is -0.321 e. The van der Waals surface area contributed by atoms with Gasteiger partial charge >= 0.3 is 0 Å². The maximum Gasteiger partial charge on any atom is 0.279 e. The normalized spacial score (nSPS) is 12.5. The number of amides is 1. The molecule has 2 N–H and O–H groups in total. The van der Waals surface area contributed by atoms with Crippen molar-refractivity contribution in [1.29, 1.82) is 0 Å². The summed E-state index contributed by atoms with van der Waals surface area (Å²) in [5.41, 5.74) is 3.31. The van der Waals surface area contributed by atoms with Crippen LogP contribution in [0.2, 0.25) is 0 Å². The number of hydrogen-bond acceptors (Lipinski definition) is 4. The molecule has 0 aliphatic carbocycles. The molecular formula is C18H21N3O2. The lowest BCUT2D eigenvalue weighted by atomic mass is 10.2. The van der Waals surface area contributed by atoms with E-state index in [2.05, 4.69) is 42.2 Å². The largest absolute Gasteiger partial charge is 0.321 e. The Morgan fingerprint density at radius 1 is 0.957 bits per heavy atom. The van der Waals surface area contributed by atoms with Gasteiger partial charge in [0.1, 0.15) is 0 Å². The van der Waals surface area contributed by atoms with Gasteiger partial charge in [0.15, 0.2) is 11.5 Å². The van der Waals surface area contributed by atoms with Crippen molar-refractivity contribution in [3.8, 4) is 0 Å². The zero-order valence-electron chi connectivity index (χ0n) is 13.2. The van der Waals surface area contributed by atoms with Crippen molar-refractivity contribution >= 4 is 17.4 Å². The molecule has 0 atom stereocenters. The Morgan fingerprint density at radius 2 is 1.57 bits per heavy atom. The van der Waals surface area contributed by atoms with Crippen molar-refractivity contribution < 1.29 is 9.59 Å². The van der Waals surface area contributed by atoms with Crippen LogP contribution in [0.5, 0.6) is 0 Å². The van der Waals surface area contributed by atoms with Crippen molar-refractivity contribution in [1.82, 2.24) is 10.7 Å². The topological polar surface area (TPSA) is 70.6 Å². The highest BCUT2D eigenvalue weighted by Gasteiger charge is 2.17. The quantitative estimate of drug-likeness (QED) is 0.282. The fourth-order valence-corrected chi connectivity index (χ4v) is 1.32. The monoisotopic (exact) mass is 311 g/mol. The number of carbonyl (C=O) groups is 2. The molecule has 0 radical (unpaired) electrons. The van der Waals surface area contributed by atoms with Gasteiger partial charge in [-0.1, -0.05) is 50.6 Å². The van der Waals surface area contributed by atoms with Gasteiger partial charge in [-0.15, -0.1) is 0 Å². The van der Waals surface area contributed by atoms with Gasteiger partial charge in [-0.05, 0) is 24.3 Å². The smallest absolute Gasteiger partial charge is 0.279 e. The summed E-state index contributed by atoms with van der Waals surface area (Å²) in [7, 11) is 0. The zero-order chi connectivity index (χ0) is 17.7. The molecule has 0 aliphatic rings. The second-order valence-electron chi connectivity index (χ2n) is 4.10. The molecule has 0 aromatic rings. The van der Waals surface area contributed by atoms with E-state index in [1.54, 1.807) is 36.5 Å². The first kappa shape index (κ1) is 19.8. The van der Waals surface area contributed by atoms with Crippen LogP contribution in [0, 0.1) is 0 Å². The summed E-state index contributed by atoms with van der Waals surface area (Å²) >= 11 is 0. The molecule has 0 aliphatic heterocycles. The molecule has 5 nitrogen and oxygen atoms in total. The first-order chi connectivity index (χ1) is 11.0.